The lowest BCUT2D eigenvalue weighted by Gasteiger charge is -2.20. The van der Waals surface area contributed by atoms with Gasteiger partial charge in [-0.05, 0) is 13.3 Å². The average Bonchev–Trinajstić information content (AvgIpc) is 2.28. The lowest BCUT2D eigenvalue weighted by molar-refractivity contribution is 0.183. The number of hydrogen-bond acceptors (Lipinski definition) is 5. The summed E-state index contributed by atoms with van der Waals surface area (Å²) in [6.07, 6.45) is 0.331. The second-order valence-corrected chi connectivity index (χ2v) is 5.60. The van der Waals surface area contributed by atoms with Gasteiger partial charge in [-0.2, -0.15) is 0 Å². The molecule has 5 heteroatoms. The molecule has 0 spiro atoms. The molecule has 1 atom stereocenters. The van der Waals surface area contributed by atoms with E-state index in [4.69, 9.17) is 5.73 Å². The minimum absolute atomic E-state index is 0.151. The van der Waals surface area contributed by atoms with E-state index in [9.17, 15) is 5.11 Å². The fourth-order valence-electron chi connectivity index (χ4n) is 1.40. The predicted octanol–water partition coefficient (Wildman–Crippen LogP) is 1.85. The van der Waals surface area contributed by atoms with Crippen LogP contribution in [0.4, 0.5) is 11.6 Å². The second kappa shape index (κ2) is 5.52. The highest BCUT2D eigenvalue weighted by molar-refractivity contribution is 5.55. The van der Waals surface area contributed by atoms with Crippen LogP contribution in [0, 0.1) is 6.92 Å². The molecule has 0 bridgehead atoms. The number of nitrogens with two attached hydrogens (primary N) is 1. The van der Waals surface area contributed by atoms with E-state index in [1.165, 1.54) is 0 Å². The Morgan fingerprint density at radius 1 is 1.33 bits per heavy atom. The van der Waals surface area contributed by atoms with Crippen LogP contribution in [0.25, 0.3) is 0 Å². The van der Waals surface area contributed by atoms with Gasteiger partial charge in [0.05, 0.1) is 6.10 Å². The van der Waals surface area contributed by atoms with Gasteiger partial charge in [-0.3, -0.25) is 0 Å². The summed E-state index contributed by atoms with van der Waals surface area (Å²) in [4.78, 5) is 8.81. The first-order valence-electron chi connectivity index (χ1n) is 6.32. The first-order valence-corrected chi connectivity index (χ1v) is 6.32. The van der Waals surface area contributed by atoms with Gasteiger partial charge in [0.1, 0.15) is 17.5 Å². The number of hydrogen-bond donors (Lipinski definition) is 3. The first kappa shape index (κ1) is 14.7. The summed E-state index contributed by atoms with van der Waals surface area (Å²) in [5.41, 5.74) is 6.58. The monoisotopic (exact) mass is 252 g/mol. The normalized spacial score (nSPS) is 13.4. The van der Waals surface area contributed by atoms with Gasteiger partial charge < -0.3 is 16.2 Å². The van der Waals surface area contributed by atoms with Crippen molar-refractivity contribution in [2.75, 3.05) is 17.6 Å². The van der Waals surface area contributed by atoms with Gasteiger partial charge in [-0.25, -0.2) is 9.97 Å². The Morgan fingerprint density at radius 2 is 1.94 bits per heavy atom. The first-order chi connectivity index (χ1) is 8.25. The zero-order valence-corrected chi connectivity index (χ0v) is 11.9. The van der Waals surface area contributed by atoms with Crippen LogP contribution >= 0.6 is 0 Å². The van der Waals surface area contributed by atoms with Gasteiger partial charge in [0.25, 0.3) is 0 Å². The van der Waals surface area contributed by atoms with Crippen LogP contribution in [0.2, 0.25) is 0 Å². The number of nitrogens with zero attached hydrogens (tertiary/aromatic N) is 2. The summed E-state index contributed by atoms with van der Waals surface area (Å²) < 4.78 is 0. The average molecular weight is 252 g/mol. The van der Waals surface area contributed by atoms with Crippen LogP contribution < -0.4 is 11.1 Å². The van der Waals surface area contributed by atoms with Crippen molar-refractivity contribution in [2.24, 2.45) is 0 Å². The fraction of sp³-hybridized carbons (Fsp3) is 0.692. The number of aliphatic hydroxyl groups excluding tert-OH is 1. The van der Waals surface area contributed by atoms with E-state index >= 15 is 0 Å². The van der Waals surface area contributed by atoms with Crippen LogP contribution in [0.15, 0.2) is 0 Å². The number of nitrogens with one attached hydrogen (secondary N) is 1. The molecule has 18 heavy (non-hydrogen) atoms. The van der Waals surface area contributed by atoms with E-state index in [-0.39, 0.29) is 11.5 Å². The van der Waals surface area contributed by atoms with Gasteiger partial charge in [0.15, 0.2) is 0 Å². The number of rotatable bonds is 4. The Bertz CT molecular complexity index is 412. The highest BCUT2D eigenvalue weighted by atomic mass is 16.3. The van der Waals surface area contributed by atoms with Crippen LogP contribution in [-0.2, 0) is 5.41 Å². The summed E-state index contributed by atoms with van der Waals surface area (Å²) in [6.45, 7) is 10.4. The predicted molar refractivity (Wildman–Crippen MR) is 74.7 cm³/mol. The summed E-state index contributed by atoms with van der Waals surface area (Å²) in [7, 11) is 0. The lowest BCUT2D eigenvalue weighted by Crippen LogP contribution is -2.23. The molecule has 0 amide bonds. The van der Waals surface area contributed by atoms with E-state index in [0.29, 0.717) is 30.4 Å². The largest absolute Gasteiger partial charge is 0.391 e. The fourth-order valence-corrected chi connectivity index (χ4v) is 1.40. The van der Waals surface area contributed by atoms with Gasteiger partial charge >= 0.3 is 0 Å². The molecule has 1 rings (SSSR count). The minimum Gasteiger partial charge on any atom is -0.391 e. The molecule has 1 aromatic rings. The van der Waals surface area contributed by atoms with E-state index in [1.54, 1.807) is 0 Å². The van der Waals surface area contributed by atoms with E-state index < -0.39 is 0 Å². The molecule has 0 saturated heterocycles. The molecular formula is C13H24N4O. The number of aromatic nitrogens is 2. The van der Waals surface area contributed by atoms with Crippen molar-refractivity contribution in [3.63, 3.8) is 0 Å². The molecule has 102 valence electrons. The van der Waals surface area contributed by atoms with E-state index in [0.717, 1.165) is 5.56 Å². The maximum Gasteiger partial charge on any atom is 0.138 e. The van der Waals surface area contributed by atoms with Crippen LogP contribution in [0.5, 0.6) is 0 Å². The zero-order valence-electron chi connectivity index (χ0n) is 11.9. The smallest absolute Gasteiger partial charge is 0.138 e. The topological polar surface area (TPSA) is 84.1 Å². The molecule has 0 radical (unpaired) electrons. The van der Waals surface area contributed by atoms with Crippen molar-refractivity contribution in [3.05, 3.63) is 11.4 Å². The van der Waals surface area contributed by atoms with Gasteiger partial charge in [0, 0.05) is 17.5 Å². The number of anilines is 2. The highest BCUT2D eigenvalue weighted by Crippen LogP contribution is 2.24. The zero-order chi connectivity index (χ0) is 13.9. The van der Waals surface area contributed by atoms with Crippen molar-refractivity contribution >= 4 is 11.6 Å². The van der Waals surface area contributed by atoms with Crippen LogP contribution in [0.3, 0.4) is 0 Å². The second-order valence-electron chi connectivity index (χ2n) is 5.60. The van der Waals surface area contributed by atoms with Crippen LogP contribution in [0.1, 0.15) is 45.5 Å². The summed E-state index contributed by atoms with van der Waals surface area (Å²) in [6, 6.07) is 0. The van der Waals surface area contributed by atoms with E-state index in [1.807, 2.05) is 34.6 Å². The highest BCUT2D eigenvalue weighted by Gasteiger charge is 2.20. The molecule has 0 aromatic carbocycles. The van der Waals surface area contributed by atoms with Gasteiger partial charge in [-0.1, -0.05) is 27.7 Å². The van der Waals surface area contributed by atoms with Gasteiger partial charge in [0.2, 0.25) is 0 Å². The Morgan fingerprint density at radius 3 is 2.44 bits per heavy atom. The van der Waals surface area contributed by atoms with Crippen LogP contribution in [-0.4, -0.2) is 27.7 Å². The number of nitrogen functional groups attached to an aromatic ring is 1. The molecular weight excluding hydrogens is 228 g/mol. The third-order valence-corrected chi connectivity index (χ3v) is 2.83. The maximum absolute atomic E-state index is 9.57. The molecule has 1 heterocycles. The van der Waals surface area contributed by atoms with Crippen molar-refractivity contribution in [2.45, 2.75) is 52.6 Å². The Kier molecular flexibility index (Phi) is 4.51. The molecule has 5 nitrogen and oxygen atoms in total. The van der Waals surface area contributed by atoms with Gasteiger partial charge in [-0.15, -0.1) is 0 Å². The lowest BCUT2D eigenvalue weighted by atomic mass is 9.95. The Labute approximate surface area is 109 Å². The molecule has 4 N–H and O–H groups in total. The third-order valence-electron chi connectivity index (χ3n) is 2.83. The summed E-state index contributed by atoms with van der Waals surface area (Å²) >= 11 is 0. The maximum atomic E-state index is 9.57. The molecule has 1 aromatic heterocycles. The van der Waals surface area contributed by atoms with Crippen molar-refractivity contribution in [3.8, 4) is 0 Å². The third kappa shape index (κ3) is 3.57. The molecule has 0 aliphatic heterocycles. The van der Waals surface area contributed by atoms with E-state index in [2.05, 4.69) is 15.3 Å². The van der Waals surface area contributed by atoms with Crippen molar-refractivity contribution in [1.82, 2.24) is 9.97 Å². The van der Waals surface area contributed by atoms with Crippen molar-refractivity contribution < 1.29 is 5.11 Å². The Balaban J connectivity index is 3.00. The number of aliphatic hydroxyl groups is 1. The Hall–Kier alpha value is -1.36. The molecule has 0 fully saturated rings. The summed E-state index contributed by atoms with van der Waals surface area (Å²) in [5, 5.41) is 12.7. The quantitative estimate of drug-likeness (QED) is 0.761. The molecule has 0 aliphatic rings. The molecule has 0 aliphatic carbocycles. The standard InChI is InChI=1S/C13H24N4O/c1-6-9(18)7-15-11-8(2)10(14)16-12(17-11)13(3,4)5/h9,18H,6-7H2,1-5H3,(H3,14,15,16,17). The van der Waals surface area contributed by atoms with Crippen molar-refractivity contribution in [1.29, 1.82) is 0 Å². The summed E-state index contributed by atoms with van der Waals surface area (Å²) in [5.74, 6) is 1.91. The SMILES string of the molecule is CCC(O)CNc1nc(C(C)(C)C)nc(N)c1C. The molecule has 0 saturated carbocycles. The minimum atomic E-state index is -0.376. The molecule has 1 unspecified atom stereocenters.